The van der Waals surface area contributed by atoms with Gasteiger partial charge in [-0.3, -0.25) is 4.79 Å². The number of rotatable bonds is 5. The number of hydrogen-bond donors (Lipinski definition) is 0. The highest BCUT2D eigenvalue weighted by Crippen LogP contribution is 2.17. The van der Waals surface area contributed by atoms with E-state index in [4.69, 9.17) is 4.74 Å². The minimum atomic E-state index is 0.112. The second kappa shape index (κ2) is 7.82. The monoisotopic (exact) mass is 308 g/mol. The van der Waals surface area contributed by atoms with Crippen molar-refractivity contribution in [1.82, 2.24) is 9.80 Å². The van der Waals surface area contributed by atoms with Crippen LogP contribution in [-0.2, 0) is 4.74 Å². The molecule has 2 rings (SSSR count). The molecule has 1 amide bonds. The molecule has 21 heavy (non-hydrogen) atoms. The molecule has 1 heterocycles. The minimum absolute atomic E-state index is 0.112. The minimum Gasteiger partial charge on any atom is -0.374 e. The number of morpholine rings is 1. The van der Waals surface area contributed by atoms with Gasteiger partial charge in [-0.1, -0.05) is 0 Å². The molecule has 5 heteroatoms. The first-order chi connectivity index (χ1) is 10.1. The second-order valence-corrected chi connectivity index (χ2v) is 6.44. The maximum Gasteiger partial charge on any atom is 0.254 e. The first-order valence-corrected chi connectivity index (χ1v) is 8.52. The molecule has 0 aromatic heterocycles. The Morgan fingerprint density at radius 1 is 1.38 bits per heavy atom. The number of hydrogen-bond acceptors (Lipinski definition) is 4. The highest BCUT2D eigenvalue weighted by molar-refractivity contribution is 7.98. The number of ether oxygens (including phenoxy) is 1. The van der Waals surface area contributed by atoms with Crippen LogP contribution in [0.5, 0.6) is 0 Å². The van der Waals surface area contributed by atoms with Crippen LogP contribution in [0.25, 0.3) is 0 Å². The Bertz CT molecular complexity index is 462. The van der Waals surface area contributed by atoms with Crippen molar-refractivity contribution >= 4 is 17.7 Å². The molecule has 116 valence electrons. The Hall–Kier alpha value is -1.04. The molecule has 0 saturated carbocycles. The standard InChI is InChI=1S/C16H24N2O2S/c1-17(2)9-8-14-12-18(10-11-20-14)16(19)13-4-6-15(21-3)7-5-13/h4-7,14H,8-12H2,1-3H3/t14-/m1/s1. The van der Waals surface area contributed by atoms with Crippen molar-refractivity contribution < 1.29 is 9.53 Å². The summed E-state index contributed by atoms with van der Waals surface area (Å²) < 4.78 is 5.76. The molecule has 4 nitrogen and oxygen atoms in total. The fourth-order valence-corrected chi connectivity index (χ4v) is 2.81. The van der Waals surface area contributed by atoms with Gasteiger partial charge in [0.2, 0.25) is 0 Å². The molecule has 0 unspecified atom stereocenters. The van der Waals surface area contributed by atoms with Crippen LogP contribution in [0.3, 0.4) is 0 Å². The van der Waals surface area contributed by atoms with Gasteiger partial charge in [-0.15, -0.1) is 11.8 Å². The van der Waals surface area contributed by atoms with Gasteiger partial charge in [-0.05, 0) is 51.0 Å². The van der Waals surface area contributed by atoms with Crippen molar-refractivity contribution in [1.29, 1.82) is 0 Å². The molecule has 1 aromatic carbocycles. The molecular formula is C16H24N2O2S. The van der Waals surface area contributed by atoms with Crippen LogP contribution in [0.2, 0.25) is 0 Å². The van der Waals surface area contributed by atoms with E-state index in [0.29, 0.717) is 19.7 Å². The zero-order chi connectivity index (χ0) is 15.2. The van der Waals surface area contributed by atoms with Gasteiger partial charge in [0.25, 0.3) is 5.91 Å². The van der Waals surface area contributed by atoms with Crippen molar-refractivity contribution in [2.24, 2.45) is 0 Å². The molecule has 1 fully saturated rings. The number of amides is 1. The Labute approximate surface area is 131 Å². The third-order valence-electron chi connectivity index (χ3n) is 3.66. The summed E-state index contributed by atoms with van der Waals surface area (Å²) in [5.74, 6) is 0.112. The second-order valence-electron chi connectivity index (χ2n) is 5.56. The topological polar surface area (TPSA) is 32.8 Å². The number of thioether (sulfide) groups is 1. The van der Waals surface area contributed by atoms with E-state index in [2.05, 4.69) is 19.0 Å². The van der Waals surface area contributed by atoms with Gasteiger partial charge in [0.1, 0.15) is 0 Å². The third-order valence-corrected chi connectivity index (χ3v) is 4.40. The summed E-state index contributed by atoms with van der Waals surface area (Å²) in [7, 11) is 4.11. The lowest BCUT2D eigenvalue weighted by Gasteiger charge is -2.33. The number of carbonyl (C=O) groups is 1. The van der Waals surface area contributed by atoms with Gasteiger partial charge in [0, 0.05) is 30.1 Å². The van der Waals surface area contributed by atoms with Crippen molar-refractivity contribution in [3.63, 3.8) is 0 Å². The summed E-state index contributed by atoms with van der Waals surface area (Å²) in [6, 6.07) is 7.83. The van der Waals surface area contributed by atoms with E-state index in [1.807, 2.05) is 35.4 Å². The van der Waals surface area contributed by atoms with Gasteiger partial charge in [-0.25, -0.2) is 0 Å². The van der Waals surface area contributed by atoms with Crippen LogP contribution in [0.1, 0.15) is 16.8 Å². The maximum atomic E-state index is 12.5. The molecule has 1 saturated heterocycles. The zero-order valence-electron chi connectivity index (χ0n) is 13.0. The zero-order valence-corrected chi connectivity index (χ0v) is 13.9. The molecule has 1 aromatic rings. The van der Waals surface area contributed by atoms with Gasteiger partial charge in [0.05, 0.1) is 12.7 Å². The van der Waals surface area contributed by atoms with Crippen molar-refractivity contribution in [2.75, 3.05) is 46.6 Å². The lowest BCUT2D eigenvalue weighted by molar-refractivity contribution is -0.0269. The summed E-state index contributed by atoms with van der Waals surface area (Å²) in [6.07, 6.45) is 3.15. The Balaban J connectivity index is 1.94. The first-order valence-electron chi connectivity index (χ1n) is 7.30. The summed E-state index contributed by atoms with van der Waals surface area (Å²) in [5, 5.41) is 0. The SMILES string of the molecule is CSc1ccc(C(=O)N2CCO[C@H](CCN(C)C)C2)cc1. The van der Waals surface area contributed by atoms with Crippen molar-refractivity contribution in [3.8, 4) is 0 Å². The lowest BCUT2D eigenvalue weighted by atomic mass is 10.1. The van der Waals surface area contributed by atoms with E-state index in [0.717, 1.165) is 18.5 Å². The summed E-state index contributed by atoms with van der Waals surface area (Å²) in [4.78, 5) is 17.8. The average molecular weight is 308 g/mol. The molecular weight excluding hydrogens is 284 g/mol. The van der Waals surface area contributed by atoms with Crippen LogP contribution >= 0.6 is 11.8 Å². The Kier molecular flexibility index (Phi) is 6.08. The van der Waals surface area contributed by atoms with Gasteiger partial charge < -0.3 is 14.5 Å². The van der Waals surface area contributed by atoms with E-state index in [1.165, 1.54) is 4.90 Å². The van der Waals surface area contributed by atoms with E-state index in [9.17, 15) is 4.79 Å². The number of benzene rings is 1. The highest BCUT2D eigenvalue weighted by atomic mass is 32.2. The van der Waals surface area contributed by atoms with Crippen LogP contribution in [-0.4, -0.2) is 68.4 Å². The molecule has 0 bridgehead atoms. The number of carbonyl (C=O) groups excluding carboxylic acids is 1. The predicted octanol–water partition coefficient (Wildman–Crippen LogP) is 2.20. The van der Waals surface area contributed by atoms with Crippen LogP contribution < -0.4 is 0 Å². The Morgan fingerprint density at radius 2 is 2.10 bits per heavy atom. The van der Waals surface area contributed by atoms with Crippen LogP contribution in [0.4, 0.5) is 0 Å². The van der Waals surface area contributed by atoms with E-state index < -0.39 is 0 Å². The van der Waals surface area contributed by atoms with Crippen LogP contribution in [0.15, 0.2) is 29.2 Å². The summed E-state index contributed by atoms with van der Waals surface area (Å²) in [6.45, 7) is 2.99. The molecule has 0 aliphatic carbocycles. The van der Waals surface area contributed by atoms with Gasteiger partial charge in [-0.2, -0.15) is 0 Å². The lowest BCUT2D eigenvalue weighted by Crippen LogP contribution is -2.46. The van der Waals surface area contributed by atoms with Crippen molar-refractivity contribution in [3.05, 3.63) is 29.8 Å². The molecule has 1 aliphatic heterocycles. The molecule has 1 atom stereocenters. The quantitative estimate of drug-likeness (QED) is 0.781. The van der Waals surface area contributed by atoms with E-state index in [-0.39, 0.29) is 12.0 Å². The van der Waals surface area contributed by atoms with Gasteiger partial charge >= 0.3 is 0 Å². The molecule has 1 aliphatic rings. The fourth-order valence-electron chi connectivity index (χ4n) is 2.40. The summed E-state index contributed by atoms with van der Waals surface area (Å²) >= 11 is 1.68. The summed E-state index contributed by atoms with van der Waals surface area (Å²) in [5.41, 5.74) is 0.765. The molecule has 0 N–H and O–H groups in total. The first kappa shape index (κ1) is 16.3. The van der Waals surface area contributed by atoms with E-state index >= 15 is 0 Å². The predicted molar refractivity (Wildman–Crippen MR) is 87.0 cm³/mol. The Morgan fingerprint density at radius 3 is 2.71 bits per heavy atom. The fraction of sp³-hybridized carbons (Fsp3) is 0.562. The molecule has 0 radical (unpaired) electrons. The molecule has 0 spiro atoms. The largest absolute Gasteiger partial charge is 0.374 e. The van der Waals surface area contributed by atoms with E-state index in [1.54, 1.807) is 11.8 Å². The van der Waals surface area contributed by atoms with Crippen LogP contribution in [0, 0.1) is 0 Å². The van der Waals surface area contributed by atoms with Crippen molar-refractivity contribution in [2.45, 2.75) is 17.4 Å². The highest BCUT2D eigenvalue weighted by Gasteiger charge is 2.24. The van der Waals surface area contributed by atoms with Gasteiger partial charge in [0.15, 0.2) is 0 Å². The normalized spacial score (nSPS) is 19.0. The maximum absolute atomic E-state index is 12.5. The third kappa shape index (κ3) is 4.73. The average Bonchev–Trinajstić information content (AvgIpc) is 2.52. The smallest absolute Gasteiger partial charge is 0.254 e. The number of nitrogens with zero attached hydrogens (tertiary/aromatic N) is 2.